The number of aliphatic hydroxyl groups is 1. The maximum Gasteiger partial charge on any atom is 0.267 e. The van der Waals surface area contributed by atoms with Gasteiger partial charge in [-0.3, -0.25) is 9.35 Å². The average Bonchev–Trinajstić information content (AvgIpc) is 3.00. The Morgan fingerprint density at radius 3 is 1.44 bits per heavy atom. The first-order valence-corrected chi connectivity index (χ1v) is 20.3. The molecule has 0 radical (unpaired) electrons. The number of aliphatic hydroxyl groups excluding tert-OH is 1. The van der Waals surface area contributed by atoms with Crippen molar-refractivity contribution < 1.29 is 22.9 Å². The number of nitrogens with one attached hydrogen (secondary N) is 1. The quantitative estimate of drug-likeness (QED) is 0.0371. The van der Waals surface area contributed by atoms with Crippen molar-refractivity contribution in [2.24, 2.45) is 0 Å². The molecule has 0 heterocycles. The van der Waals surface area contributed by atoms with E-state index in [2.05, 4.69) is 43.5 Å². The predicted molar refractivity (Wildman–Crippen MR) is 193 cm³/mol. The Kier molecular flexibility index (Phi) is 31.5. The van der Waals surface area contributed by atoms with Gasteiger partial charge in [-0.25, -0.2) is 0 Å². The third-order valence-corrected chi connectivity index (χ3v) is 9.09. The first kappa shape index (κ1) is 43.6. The van der Waals surface area contributed by atoms with Crippen molar-refractivity contribution in [3.05, 3.63) is 36.5 Å². The van der Waals surface area contributed by atoms with Crippen LogP contribution in [0.1, 0.15) is 181 Å². The Morgan fingerprint density at radius 2 is 1.00 bits per heavy atom. The summed E-state index contributed by atoms with van der Waals surface area (Å²) in [5, 5.41) is 13.1. The highest BCUT2D eigenvalue weighted by atomic mass is 32.2. The van der Waals surface area contributed by atoms with Gasteiger partial charge in [-0.1, -0.05) is 159 Å². The number of amides is 1. The van der Waals surface area contributed by atoms with Crippen molar-refractivity contribution in [2.75, 3.05) is 5.75 Å². The van der Waals surface area contributed by atoms with Gasteiger partial charge in [-0.2, -0.15) is 8.42 Å². The summed E-state index contributed by atoms with van der Waals surface area (Å²) in [6.07, 6.45) is 41.6. The highest BCUT2D eigenvalue weighted by molar-refractivity contribution is 7.85. The molecule has 0 aliphatic carbocycles. The van der Waals surface area contributed by atoms with Crippen LogP contribution in [0.15, 0.2) is 36.5 Å². The average molecular weight is 654 g/mol. The van der Waals surface area contributed by atoms with E-state index in [9.17, 15) is 22.9 Å². The lowest BCUT2D eigenvalue weighted by Gasteiger charge is -2.21. The van der Waals surface area contributed by atoms with E-state index in [1.165, 1.54) is 122 Å². The number of unbranched alkanes of at least 4 members (excludes halogenated alkanes) is 21. The molecule has 6 nitrogen and oxygen atoms in total. The van der Waals surface area contributed by atoms with Gasteiger partial charge in [0.2, 0.25) is 5.91 Å². The molecular formula is C38H71NO5S. The number of allylic oxidation sites excluding steroid dienone is 5. The van der Waals surface area contributed by atoms with E-state index in [0.29, 0.717) is 6.42 Å². The van der Waals surface area contributed by atoms with Gasteiger partial charge in [-0.15, -0.1) is 0 Å². The minimum absolute atomic E-state index is 0.286. The molecule has 0 spiro atoms. The Morgan fingerprint density at radius 1 is 0.600 bits per heavy atom. The zero-order valence-electron chi connectivity index (χ0n) is 29.2. The fourth-order valence-electron chi connectivity index (χ4n) is 5.48. The minimum Gasteiger partial charge on any atom is -0.387 e. The Hall–Kier alpha value is -1.44. The molecule has 0 fully saturated rings. The number of rotatable bonds is 33. The molecule has 0 aromatic rings. The largest absolute Gasteiger partial charge is 0.387 e. The summed E-state index contributed by atoms with van der Waals surface area (Å²) in [4.78, 5) is 12.4. The zero-order chi connectivity index (χ0) is 33.3. The van der Waals surface area contributed by atoms with Gasteiger partial charge in [0.15, 0.2) is 0 Å². The van der Waals surface area contributed by atoms with Crippen molar-refractivity contribution in [3.63, 3.8) is 0 Å². The molecule has 45 heavy (non-hydrogen) atoms. The molecule has 0 saturated carbocycles. The summed E-state index contributed by atoms with van der Waals surface area (Å²) in [5.74, 6) is -0.985. The van der Waals surface area contributed by atoms with Gasteiger partial charge in [-0.05, 0) is 51.4 Å². The molecule has 2 unspecified atom stereocenters. The molecule has 0 aliphatic heterocycles. The molecule has 0 aromatic heterocycles. The Balaban J connectivity index is 3.78. The lowest BCUT2D eigenvalue weighted by molar-refractivity contribution is -0.122. The molecule has 3 N–H and O–H groups in total. The summed E-state index contributed by atoms with van der Waals surface area (Å²) in [6.45, 7) is 4.43. The molecule has 2 atom stereocenters. The van der Waals surface area contributed by atoms with Crippen LogP contribution in [-0.4, -0.2) is 41.9 Å². The minimum atomic E-state index is -4.33. The number of carbonyl (C=O) groups is 1. The van der Waals surface area contributed by atoms with Crippen molar-refractivity contribution in [1.82, 2.24) is 5.32 Å². The molecular weight excluding hydrogens is 582 g/mol. The second-order valence-corrected chi connectivity index (χ2v) is 14.4. The van der Waals surface area contributed by atoms with E-state index >= 15 is 0 Å². The van der Waals surface area contributed by atoms with E-state index in [-0.39, 0.29) is 5.91 Å². The van der Waals surface area contributed by atoms with Crippen molar-refractivity contribution in [1.29, 1.82) is 0 Å². The Bertz CT molecular complexity index is 852. The molecule has 7 heteroatoms. The van der Waals surface area contributed by atoms with Crippen LogP contribution in [0.25, 0.3) is 0 Å². The lowest BCUT2D eigenvalue weighted by Crippen LogP contribution is -2.46. The van der Waals surface area contributed by atoms with Crippen LogP contribution in [0.2, 0.25) is 0 Å². The van der Waals surface area contributed by atoms with Crippen LogP contribution in [0.5, 0.6) is 0 Å². The molecule has 0 rings (SSSR count). The number of carbonyl (C=O) groups excluding carboxylic acids is 1. The van der Waals surface area contributed by atoms with E-state index < -0.39 is 28.0 Å². The van der Waals surface area contributed by atoms with Crippen LogP contribution in [-0.2, 0) is 14.9 Å². The van der Waals surface area contributed by atoms with Crippen LogP contribution in [0, 0.1) is 0 Å². The Labute approximate surface area is 278 Å². The van der Waals surface area contributed by atoms with Crippen molar-refractivity contribution in [3.8, 4) is 0 Å². The summed E-state index contributed by atoms with van der Waals surface area (Å²) < 4.78 is 32.2. The normalized spacial score (nSPS) is 13.8. The first-order valence-electron chi connectivity index (χ1n) is 18.7. The molecule has 0 bridgehead atoms. The van der Waals surface area contributed by atoms with Gasteiger partial charge in [0.25, 0.3) is 10.1 Å². The second kappa shape index (κ2) is 32.5. The van der Waals surface area contributed by atoms with Gasteiger partial charge in [0.05, 0.1) is 17.9 Å². The lowest BCUT2D eigenvalue weighted by atomic mass is 10.0. The maximum absolute atomic E-state index is 12.4. The highest BCUT2D eigenvalue weighted by Gasteiger charge is 2.24. The first-order chi connectivity index (χ1) is 21.8. The fraction of sp³-hybridized carbons (Fsp3) is 0.816. The summed E-state index contributed by atoms with van der Waals surface area (Å²) in [6, 6.07) is -1.05. The summed E-state index contributed by atoms with van der Waals surface area (Å²) >= 11 is 0. The van der Waals surface area contributed by atoms with E-state index in [1.807, 2.05) is 6.08 Å². The zero-order valence-corrected chi connectivity index (χ0v) is 30.1. The van der Waals surface area contributed by atoms with Gasteiger partial charge >= 0.3 is 0 Å². The molecule has 0 saturated heterocycles. The second-order valence-electron chi connectivity index (χ2n) is 12.9. The van der Waals surface area contributed by atoms with E-state index in [1.54, 1.807) is 0 Å². The monoisotopic (exact) mass is 654 g/mol. The summed E-state index contributed by atoms with van der Waals surface area (Å²) in [7, 11) is -4.33. The highest BCUT2D eigenvalue weighted by Crippen LogP contribution is 2.13. The molecule has 264 valence electrons. The molecule has 1 amide bonds. The summed E-state index contributed by atoms with van der Waals surface area (Å²) in [5.41, 5.74) is 0. The van der Waals surface area contributed by atoms with Crippen LogP contribution in [0.3, 0.4) is 0 Å². The maximum atomic E-state index is 12.4. The predicted octanol–water partition coefficient (Wildman–Crippen LogP) is 10.6. The third kappa shape index (κ3) is 33.7. The molecule has 0 aromatic carbocycles. The molecule has 0 aliphatic rings. The van der Waals surface area contributed by atoms with E-state index in [0.717, 1.165) is 44.9 Å². The van der Waals surface area contributed by atoms with Gasteiger partial charge in [0.1, 0.15) is 0 Å². The van der Waals surface area contributed by atoms with Crippen LogP contribution < -0.4 is 5.32 Å². The fourth-order valence-corrected chi connectivity index (χ4v) is 6.21. The van der Waals surface area contributed by atoms with Crippen molar-refractivity contribution >= 4 is 16.0 Å². The van der Waals surface area contributed by atoms with E-state index in [4.69, 9.17) is 0 Å². The van der Waals surface area contributed by atoms with Gasteiger partial charge in [0, 0.05) is 6.42 Å². The van der Waals surface area contributed by atoms with Gasteiger partial charge < -0.3 is 10.4 Å². The number of hydrogen-bond acceptors (Lipinski definition) is 4. The smallest absolute Gasteiger partial charge is 0.267 e. The van der Waals surface area contributed by atoms with Crippen LogP contribution in [0.4, 0.5) is 0 Å². The topological polar surface area (TPSA) is 104 Å². The van der Waals surface area contributed by atoms with Crippen molar-refractivity contribution in [2.45, 2.75) is 193 Å². The van der Waals surface area contributed by atoms with Crippen LogP contribution >= 0.6 is 0 Å². The SMILES string of the molecule is CCCCCCC/C=C\C/C=C\CCCCCCCCCCCCCC(=O)NC(CS(=O)(=O)O)C(O)/C=C/CCCCCCC. The standard InChI is InChI=1S/C38H71NO5S/c1-3-5-7-9-11-12-13-14-15-16-17-18-19-20-21-22-23-24-25-26-28-30-32-34-38(41)39-36(35-45(42,43)44)37(40)33-31-29-27-10-8-6-4-2/h13-14,16-17,31,33,36-37,40H,3-12,15,18-30,32,34-35H2,1-2H3,(H,39,41)(H,42,43,44)/b14-13-,17-16-,33-31+. The number of hydrogen-bond donors (Lipinski definition) is 3. The third-order valence-electron chi connectivity index (χ3n) is 8.31.